The van der Waals surface area contributed by atoms with Crippen LogP contribution < -0.4 is 4.74 Å². The third kappa shape index (κ3) is 5.50. The number of hydrogen-bond donors (Lipinski definition) is 0. The molecule has 1 fully saturated rings. The maximum absolute atomic E-state index is 14.6. The molecule has 0 N–H and O–H groups in total. The van der Waals surface area contributed by atoms with Crippen molar-refractivity contribution in [2.24, 2.45) is 0 Å². The van der Waals surface area contributed by atoms with E-state index in [0.29, 0.717) is 18.8 Å². The second kappa shape index (κ2) is 10.6. The van der Waals surface area contributed by atoms with Crippen molar-refractivity contribution in [3.05, 3.63) is 41.2 Å². The molecule has 1 aromatic rings. The van der Waals surface area contributed by atoms with Gasteiger partial charge in [0.15, 0.2) is 11.6 Å². The molecule has 1 saturated heterocycles. The second-order valence-electron chi connectivity index (χ2n) is 6.76. The van der Waals surface area contributed by atoms with Crippen molar-refractivity contribution >= 4 is 0 Å². The number of ether oxygens (including phenoxy) is 2. The monoisotopic (exact) mass is 370 g/mol. The Hall–Kier alpha value is -1.49. The van der Waals surface area contributed by atoms with E-state index in [2.05, 4.69) is 6.08 Å². The highest BCUT2D eigenvalue weighted by Crippen LogP contribution is 2.39. The molecule has 1 heterocycles. The van der Waals surface area contributed by atoms with Gasteiger partial charge in [-0.15, -0.1) is 0 Å². The highest BCUT2D eigenvalue weighted by Gasteiger charge is 2.30. The maximum atomic E-state index is 14.6. The van der Waals surface area contributed by atoms with E-state index in [1.807, 2.05) is 19.9 Å². The number of alkyl halides is 2. The Bertz CT molecular complexity index is 579. The van der Waals surface area contributed by atoms with Crippen molar-refractivity contribution < 1.29 is 22.6 Å². The van der Waals surface area contributed by atoms with Crippen molar-refractivity contribution in [2.45, 2.75) is 70.8 Å². The van der Waals surface area contributed by atoms with Gasteiger partial charge in [0.25, 0.3) is 6.43 Å². The molecule has 2 rings (SSSR count). The highest BCUT2D eigenvalue weighted by molar-refractivity contribution is 5.40. The van der Waals surface area contributed by atoms with E-state index in [1.54, 1.807) is 6.07 Å². The minimum absolute atomic E-state index is 0.0848. The molecular formula is C21H29F3O2. The first kappa shape index (κ1) is 20.8. The molecule has 0 saturated carbocycles. The first-order valence-corrected chi connectivity index (χ1v) is 9.54. The molecule has 2 unspecified atom stereocenters. The third-order valence-corrected chi connectivity index (χ3v) is 4.85. The molecule has 0 aromatic heterocycles. The normalized spacial score (nSPS) is 20.8. The number of unbranched alkanes of at least 4 members (excludes halogenated alkanes) is 1. The molecule has 146 valence electrons. The largest absolute Gasteiger partial charge is 0.491 e. The third-order valence-electron chi connectivity index (χ3n) is 4.85. The van der Waals surface area contributed by atoms with Crippen LogP contribution in [0.1, 0.15) is 75.8 Å². The van der Waals surface area contributed by atoms with Gasteiger partial charge in [-0.25, -0.2) is 13.2 Å². The van der Waals surface area contributed by atoms with Crippen LogP contribution in [0.15, 0.2) is 24.3 Å². The molecule has 26 heavy (non-hydrogen) atoms. The Morgan fingerprint density at radius 1 is 1.31 bits per heavy atom. The molecule has 0 aliphatic carbocycles. The molecule has 5 heteroatoms. The standard InChI is InChI=1S/C21H29F3O2/c1-3-5-7-8-16-10-9-15(14-26-16)17-11-12-18(25-13-6-4-2)20(22)19(17)21(23)24/h3,5,11-12,15-16,21H,4,6-10,13-14H2,1-2H3/b5-3+. The van der Waals surface area contributed by atoms with E-state index >= 15 is 0 Å². The summed E-state index contributed by atoms with van der Waals surface area (Å²) in [6.45, 7) is 4.65. The average Bonchev–Trinajstić information content (AvgIpc) is 2.63. The van der Waals surface area contributed by atoms with Gasteiger partial charge in [-0.3, -0.25) is 0 Å². The van der Waals surface area contributed by atoms with E-state index in [-0.39, 0.29) is 17.8 Å². The summed E-state index contributed by atoms with van der Waals surface area (Å²) in [5.41, 5.74) is -0.174. The van der Waals surface area contributed by atoms with Crippen LogP contribution in [0.25, 0.3) is 0 Å². The Morgan fingerprint density at radius 2 is 2.12 bits per heavy atom. The van der Waals surface area contributed by atoms with Gasteiger partial charge in [-0.05, 0) is 50.7 Å². The maximum Gasteiger partial charge on any atom is 0.267 e. The molecule has 0 spiro atoms. The second-order valence-corrected chi connectivity index (χ2v) is 6.76. The number of rotatable bonds is 9. The van der Waals surface area contributed by atoms with Gasteiger partial charge < -0.3 is 9.47 Å². The lowest BCUT2D eigenvalue weighted by atomic mass is 9.87. The summed E-state index contributed by atoms with van der Waals surface area (Å²) in [5.74, 6) is -1.21. The van der Waals surface area contributed by atoms with Crippen LogP contribution in [0.2, 0.25) is 0 Å². The van der Waals surface area contributed by atoms with Gasteiger partial charge in [0.05, 0.1) is 24.9 Å². The zero-order valence-corrected chi connectivity index (χ0v) is 15.6. The molecule has 2 atom stereocenters. The van der Waals surface area contributed by atoms with Gasteiger partial charge in [-0.2, -0.15) is 0 Å². The minimum atomic E-state index is -2.87. The molecule has 2 nitrogen and oxygen atoms in total. The summed E-state index contributed by atoms with van der Waals surface area (Å²) in [6, 6.07) is 3.06. The molecule has 0 amide bonds. The van der Waals surface area contributed by atoms with Gasteiger partial charge in [0.2, 0.25) is 0 Å². The van der Waals surface area contributed by atoms with Gasteiger partial charge in [0, 0.05) is 5.92 Å². The quantitative estimate of drug-likeness (QED) is 0.362. The summed E-state index contributed by atoms with van der Waals surface area (Å²) < 4.78 is 52.9. The van der Waals surface area contributed by atoms with Crippen molar-refractivity contribution in [1.82, 2.24) is 0 Å². The van der Waals surface area contributed by atoms with Crippen LogP contribution in [0.4, 0.5) is 13.2 Å². The highest BCUT2D eigenvalue weighted by atomic mass is 19.3. The molecule has 0 bridgehead atoms. The van der Waals surface area contributed by atoms with Crippen molar-refractivity contribution in [1.29, 1.82) is 0 Å². The number of benzene rings is 1. The van der Waals surface area contributed by atoms with Crippen LogP contribution in [0.3, 0.4) is 0 Å². The summed E-state index contributed by atoms with van der Waals surface area (Å²) in [7, 11) is 0. The van der Waals surface area contributed by atoms with Crippen LogP contribution in [0.5, 0.6) is 5.75 Å². The Morgan fingerprint density at radius 3 is 2.73 bits per heavy atom. The fourth-order valence-electron chi connectivity index (χ4n) is 3.33. The van der Waals surface area contributed by atoms with Gasteiger partial charge in [-0.1, -0.05) is 31.6 Å². The zero-order valence-electron chi connectivity index (χ0n) is 15.6. The molecular weight excluding hydrogens is 341 g/mol. The topological polar surface area (TPSA) is 18.5 Å². The fraction of sp³-hybridized carbons (Fsp3) is 0.619. The lowest BCUT2D eigenvalue weighted by Crippen LogP contribution is -2.25. The summed E-state index contributed by atoms with van der Waals surface area (Å²) in [4.78, 5) is 0. The van der Waals surface area contributed by atoms with Crippen molar-refractivity contribution in [2.75, 3.05) is 13.2 Å². The first-order valence-electron chi connectivity index (χ1n) is 9.54. The van der Waals surface area contributed by atoms with E-state index in [9.17, 15) is 13.2 Å². The lowest BCUT2D eigenvalue weighted by Gasteiger charge is -2.30. The van der Waals surface area contributed by atoms with Crippen LogP contribution in [-0.2, 0) is 4.74 Å². The molecule has 1 aromatic carbocycles. The number of halogens is 3. The van der Waals surface area contributed by atoms with E-state index in [0.717, 1.165) is 38.5 Å². The summed E-state index contributed by atoms with van der Waals surface area (Å²) in [6.07, 6.45) is 6.46. The Kier molecular flexibility index (Phi) is 8.49. The van der Waals surface area contributed by atoms with Gasteiger partial charge in [0.1, 0.15) is 0 Å². The zero-order chi connectivity index (χ0) is 18.9. The minimum Gasteiger partial charge on any atom is -0.491 e. The Balaban J connectivity index is 2.08. The van der Waals surface area contributed by atoms with E-state index in [1.165, 1.54) is 6.07 Å². The predicted molar refractivity (Wildman–Crippen MR) is 97.5 cm³/mol. The van der Waals surface area contributed by atoms with E-state index in [4.69, 9.17) is 9.47 Å². The van der Waals surface area contributed by atoms with Crippen molar-refractivity contribution in [3.63, 3.8) is 0 Å². The number of allylic oxidation sites excluding steroid dienone is 2. The van der Waals surface area contributed by atoms with Crippen LogP contribution in [0, 0.1) is 5.82 Å². The fourth-order valence-corrected chi connectivity index (χ4v) is 3.33. The Labute approximate surface area is 154 Å². The average molecular weight is 370 g/mol. The number of hydrogen-bond acceptors (Lipinski definition) is 2. The smallest absolute Gasteiger partial charge is 0.267 e. The SMILES string of the molecule is C/C=C/CCC1CCC(c2ccc(OCCCC)c(F)c2C(F)F)CO1. The lowest BCUT2D eigenvalue weighted by molar-refractivity contribution is -0.00102. The first-order chi connectivity index (χ1) is 12.6. The van der Waals surface area contributed by atoms with Crippen molar-refractivity contribution in [3.8, 4) is 5.75 Å². The molecule has 1 aliphatic rings. The summed E-state index contributed by atoms with van der Waals surface area (Å²) >= 11 is 0. The van der Waals surface area contributed by atoms with Crippen LogP contribution in [-0.4, -0.2) is 19.3 Å². The van der Waals surface area contributed by atoms with E-state index < -0.39 is 17.8 Å². The summed E-state index contributed by atoms with van der Waals surface area (Å²) in [5, 5.41) is 0. The molecule has 0 radical (unpaired) electrons. The predicted octanol–water partition coefficient (Wildman–Crippen LogP) is 6.56. The van der Waals surface area contributed by atoms with Gasteiger partial charge >= 0.3 is 0 Å². The molecule has 1 aliphatic heterocycles. The van der Waals surface area contributed by atoms with Crippen LogP contribution >= 0.6 is 0 Å².